The van der Waals surface area contributed by atoms with Crippen molar-refractivity contribution in [3.8, 4) is 0 Å². The summed E-state index contributed by atoms with van der Waals surface area (Å²) in [6.45, 7) is 1.86. The van der Waals surface area contributed by atoms with Crippen molar-refractivity contribution >= 4 is 11.9 Å². The Kier molecular flexibility index (Phi) is 4.98. The minimum atomic E-state index is -0.762. The van der Waals surface area contributed by atoms with Crippen LogP contribution >= 0.6 is 0 Å². The Hall–Kier alpha value is -1.14. The number of hydrogen-bond acceptors (Lipinski definition) is 4. The minimum Gasteiger partial charge on any atom is -0.480 e. The summed E-state index contributed by atoms with van der Waals surface area (Å²) in [6.07, 6.45) is 6.62. The van der Waals surface area contributed by atoms with Gasteiger partial charge < -0.3 is 15.2 Å². The van der Waals surface area contributed by atoms with Gasteiger partial charge in [0.1, 0.15) is 6.61 Å². The molecule has 3 saturated carbocycles. The average Bonchev–Trinajstić information content (AvgIpc) is 3.26. The molecule has 0 heterocycles. The van der Waals surface area contributed by atoms with Gasteiger partial charge in [-0.15, -0.1) is 0 Å². The van der Waals surface area contributed by atoms with Crippen LogP contribution in [-0.2, 0) is 14.3 Å². The van der Waals surface area contributed by atoms with E-state index in [-0.39, 0.29) is 25.1 Å². The van der Waals surface area contributed by atoms with Crippen LogP contribution in [0.15, 0.2) is 0 Å². The fourth-order valence-corrected chi connectivity index (χ4v) is 3.02. The maximum atomic E-state index is 11.7. The molecule has 0 unspecified atom stereocenters. The Balaban J connectivity index is 1.32. The fraction of sp³-hybridized carbons (Fsp3) is 0.875. The third-order valence-corrected chi connectivity index (χ3v) is 4.81. The number of rotatable bonds is 10. The van der Waals surface area contributed by atoms with E-state index in [1.165, 1.54) is 25.7 Å². The second-order valence-corrected chi connectivity index (χ2v) is 7.11. The highest BCUT2D eigenvalue weighted by Gasteiger charge is 2.37. The number of ether oxygens (including phenoxy) is 1. The third kappa shape index (κ3) is 4.95. The number of carbonyl (C=O) groups is 2. The lowest BCUT2D eigenvalue weighted by atomic mass is 9.85. The highest BCUT2D eigenvalue weighted by atomic mass is 16.5. The lowest BCUT2D eigenvalue weighted by Crippen LogP contribution is -2.55. The highest BCUT2D eigenvalue weighted by molar-refractivity contribution is 5.77. The van der Waals surface area contributed by atoms with Crippen molar-refractivity contribution in [1.82, 2.24) is 10.2 Å². The fourth-order valence-electron chi connectivity index (χ4n) is 3.02. The summed E-state index contributed by atoms with van der Waals surface area (Å²) in [5.74, 6) is 0.550. The predicted octanol–water partition coefficient (Wildman–Crippen LogP) is 0.857. The molecule has 3 aliphatic carbocycles. The summed E-state index contributed by atoms with van der Waals surface area (Å²) in [4.78, 5) is 24.8. The van der Waals surface area contributed by atoms with Gasteiger partial charge >= 0.3 is 5.97 Å². The normalized spacial score (nSPS) is 27.5. The first-order valence-electron chi connectivity index (χ1n) is 8.43. The second kappa shape index (κ2) is 6.96. The predicted molar refractivity (Wildman–Crippen MR) is 80.4 cm³/mol. The monoisotopic (exact) mass is 310 g/mol. The van der Waals surface area contributed by atoms with Gasteiger partial charge in [-0.25, -0.2) is 0 Å². The zero-order valence-corrected chi connectivity index (χ0v) is 13.0. The SMILES string of the molecule is O=C(O)CN(CC1CC1)C1CC(NC(=O)COCC2CC2)C1. The number of nitrogens with one attached hydrogen (secondary N) is 1. The summed E-state index contributed by atoms with van der Waals surface area (Å²) in [5, 5.41) is 12.0. The Labute approximate surface area is 131 Å². The molecular weight excluding hydrogens is 284 g/mol. The van der Waals surface area contributed by atoms with Gasteiger partial charge in [-0.2, -0.15) is 0 Å². The zero-order chi connectivity index (χ0) is 15.5. The van der Waals surface area contributed by atoms with Crippen molar-refractivity contribution in [2.24, 2.45) is 11.8 Å². The molecule has 6 heteroatoms. The van der Waals surface area contributed by atoms with E-state index in [9.17, 15) is 9.59 Å². The van der Waals surface area contributed by atoms with Gasteiger partial charge in [0, 0.05) is 18.6 Å². The summed E-state index contributed by atoms with van der Waals surface area (Å²) in [5.41, 5.74) is 0. The van der Waals surface area contributed by atoms with Crippen LogP contribution in [0, 0.1) is 11.8 Å². The van der Waals surface area contributed by atoms with Gasteiger partial charge in [0.05, 0.1) is 13.2 Å². The molecule has 22 heavy (non-hydrogen) atoms. The van der Waals surface area contributed by atoms with Crippen LogP contribution in [-0.4, -0.2) is 60.3 Å². The minimum absolute atomic E-state index is 0.0453. The molecular formula is C16H26N2O4. The summed E-state index contributed by atoms with van der Waals surface area (Å²) < 4.78 is 5.38. The number of aliphatic carboxylic acids is 1. The van der Waals surface area contributed by atoms with E-state index in [0.717, 1.165) is 19.4 Å². The van der Waals surface area contributed by atoms with Crippen LogP contribution in [0.2, 0.25) is 0 Å². The van der Waals surface area contributed by atoms with Crippen molar-refractivity contribution in [3.05, 3.63) is 0 Å². The smallest absolute Gasteiger partial charge is 0.317 e. The molecule has 0 spiro atoms. The summed E-state index contributed by atoms with van der Waals surface area (Å²) >= 11 is 0. The molecule has 0 aliphatic heterocycles. The highest BCUT2D eigenvalue weighted by Crippen LogP contribution is 2.33. The standard InChI is InChI=1S/C16H26N2O4/c19-15(10-22-9-12-3-4-12)17-13-5-14(6-13)18(8-16(20)21)7-11-1-2-11/h11-14H,1-10H2,(H,17,19)(H,20,21). The van der Waals surface area contributed by atoms with Gasteiger partial charge in [-0.05, 0) is 50.4 Å². The molecule has 3 aliphatic rings. The molecule has 124 valence electrons. The van der Waals surface area contributed by atoms with E-state index in [1.54, 1.807) is 0 Å². The molecule has 0 aromatic rings. The topological polar surface area (TPSA) is 78.9 Å². The first-order chi connectivity index (χ1) is 10.6. The van der Waals surface area contributed by atoms with Crippen molar-refractivity contribution in [1.29, 1.82) is 0 Å². The maximum Gasteiger partial charge on any atom is 0.317 e. The first kappa shape index (κ1) is 15.7. The van der Waals surface area contributed by atoms with E-state index < -0.39 is 5.97 Å². The van der Waals surface area contributed by atoms with Crippen LogP contribution in [0.3, 0.4) is 0 Å². The number of carbonyl (C=O) groups excluding carboxylic acids is 1. The largest absolute Gasteiger partial charge is 0.480 e. The Morgan fingerprint density at radius 1 is 1.14 bits per heavy atom. The molecule has 0 aromatic heterocycles. The van der Waals surface area contributed by atoms with Crippen LogP contribution in [0.25, 0.3) is 0 Å². The van der Waals surface area contributed by atoms with Crippen LogP contribution in [0.1, 0.15) is 38.5 Å². The number of hydrogen-bond donors (Lipinski definition) is 2. The van der Waals surface area contributed by atoms with Crippen LogP contribution in [0.5, 0.6) is 0 Å². The second-order valence-electron chi connectivity index (χ2n) is 7.11. The first-order valence-corrected chi connectivity index (χ1v) is 8.43. The van der Waals surface area contributed by atoms with Gasteiger partial charge in [0.25, 0.3) is 0 Å². The van der Waals surface area contributed by atoms with Crippen molar-refractivity contribution in [2.45, 2.75) is 50.6 Å². The Morgan fingerprint density at radius 3 is 2.41 bits per heavy atom. The lowest BCUT2D eigenvalue weighted by Gasteiger charge is -2.42. The maximum absolute atomic E-state index is 11.7. The number of carboxylic acid groups (broad SMARTS) is 1. The molecule has 3 fully saturated rings. The van der Waals surface area contributed by atoms with E-state index in [1.807, 2.05) is 0 Å². The van der Waals surface area contributed by atoms with E-state index in [4.69, 9.17) is 9.84 Å². The van der Waals surface area contributed by atoms with Gasteiger partial charge in [-0.3, -0.25) is 14.5 Å². The van der Waals surface area contributed by atoms with Crippen molar-refractivity contribution in [3.63, 3.8) is 0 Å². The van der Waals surface area contributed by atoms with Gasteiger partial charge in [0.15, 0.2) is 0 Å². The van der Waals surface area contributed by atoms with Crippen LogP contribution < -0.4 is 5.32 Å². The van der Waals surface area contributed by atoms with Gasteiger partial charge in [0.2, 0.25) is 5.91 Å². The lowest BCUT2D eigenvalue weighted by molar-refractivity contribution is -0.140. The van der Waals surface area contributed by atoms with Crippen LogP contribution in [0.4, 0.5) is 0 Å². The Bertz CT molecular complexity index is 414. The molecule has 0 radical (unpaired) electrons. The molecule has 0 bridgehead atoms. The number of nitrogens with zero attached hydrogens (tertiary/aromatic N) is 1. The quantitative estimate of drug-likeness (QED) is 0.625. The molecule has 0 aromatic carbocycles. The van der Waals surface area contributed by atoms with E-state index in [0.29, 0.717) is 24.5 Å². The van der Waals surface area contributed by atoms with Crippen molar-refractivity contribution < 1.29 is 19.4 Å². The van der Waals surface area contributed by atoms with E-state index in [2.05, 4.69) is 10.2 Å². The van der Waals surface area contributed by atoms with E-state index >= 15 is 0 Å². The Morgan fingerprint density at radius 2 is 1.82 bits per heavy atom. The molecule has 0 atom stereocenters. The third-order valence-electron chi connectivity index (χ3n) is 4.81. The number of carboxylic acids is 1. The molecule has 1 amide bonds. The summed E-state index contributed by atoms with van der Waals surface area (Å²) in [6, 6.07) is 0.479. The average molecular weight is 310 g/mol. The number of amides is 1. The van der Waals surface area contributed by atoms with Gasteiger partial charge in [-0.1, -0.05) is 0 Å². The molecule has 0 saturated heterocycles. The molecule has 3 rings (SSSR count). The zero-order valence-electron chi connectivity index (χ0n) is 13.0. The molecule has 2 N–H and O–H groups in total. The summed E-state index contributed by atoms with van der Waals surface area (Å²) in [7, 11) is 0. The van der Waals surface area contributed by atoms with Crippen molar-refractivity contribution in [2.75, 3.05) is 26.3 Å². The molecule has 6 nitrogen and oxygen atoms in total.